The van der Waals surface area contributed by atoms with Gasteiger partial charge in [0.25, 0.3) is 5.91 Å². The Morgan fingerprint density at radius 1 is 1.39 bits per heavy atom. The number of aryl methyl sites for hydroxylation is 1. The fraction of sp³-hybridized carbons (Fsp3) is 0.214. The lowest BCUT2D eigenvalue weighted by Gasteiger charge is -2.19. The summed E-state index contributed by atoms with van der Waals surface area (Å²) in [4.78, 5) is 14.1. The van der Waals surface area contributed by atoms with Gasteiger partial charge in [-0.1, -0.05) is 12.1 Å². The molecule has 1 heterocycles. The summed E-state index contributed by atoms with van der Waals surface area (Å²) in [5.74, 6) is -0.0307. The van der Waals surface area contributed by atoms with Crippen LogP contribution >= 0.6 is 11.3 Å². The lowest BCUT2D eigenvalue weighted by molar-refractivity contribution is 0.0785. The van der Waals surface area contributed by atoms with Crippen LogP contribution in [0.4, 0.5) is 5.69 Å². The maximum atomic E-state index is 12.4. The summed E-state index contributed by atoms with van der Waals surface area (Å²) in [6.07, 6.45) is 0. The van der Waals surface area contributed by atoms with Crippen molar-refractivity contribution in [2.24, 2.45) is 0 Å². The molecule has 1 aromatic heterocycles. The highest BCUT2D eigenvalue weighted by atomic mass is 32.1. The number of nitrogens with two attached hydrogens (primary N) is 1. The first-order valence-corrected chi connectivity index (χ1v) is 6.65. The maximum absolute atomic E-state index is 12.4. The molecular formula is C14H16N2OS. The largest absolute Gasteiger partial charge is 0.398 e. The Kier molecular flexibility index (Phi) is 3.67. The minimum atomic E-state index is -0.0307. The molecular weight excluding hydrogens is 244 g/mol. The van der Waals surface area contributed by atoms with E-state index in [1.807, 2.05) is 35.9 Å². The predicted octanol–water partition coefficient (Wildman–Crippen LogP) is 2.91. The van der Waals surface area contributed by atoms with Crippen molar-refractivity contribution in [2.45, 2.75) is 13.5 Å². The lowest BCUT2D eigenvalue weighted by atomic mass is 10.1. The molecule has 0 radical (unpaired) electrons. The van der Waals surface area contributed by atoms with Gasteiger partial charge in [0.1, 0.15) is 0 Å². The quantitative estimate of drug-likeness (QED) is 0.862. The molecule has 0 spiro atoms. The molecule has 0 aliphatic carbocycles. The van der Waals surface area contributed by atoms with Gasteiger partial charge in [-0.25, -0.2) is 0 Å². The number of hydrogen-bond acceptors (Lipinski definition) is 3. The van der Waals surface area contributed by atoms with Gasteiger partial charge in [0.2, 0.25) is 0 Å². The number of amides is 1. The van der Waals surface area contributed by atoms with Crippen LogP contribution < -0.4 is 5.73 Å². The van der Waals surface area contributed by atoms with Gasteiger partial charge in [0, 0.05) is 19.3 Å². The van der Waals surface area contributed by atoms with Crippen LogP contribution in [-0.2, 0) is 6.54 Å². The monoisotopic (exact) mass is 260 g/mol. The molecule has 2 rings (SSSR count). The summed E-state index contributed by atoms with van der Waals surface area (Å²) in [6.45, 7) is 2.51. The fourth-order valence-electron chi connectivity index (χ4n) is 1.90. The van der Waals surface area contributed by atoms with E-state index in [2.05, 4.69) is 0 Å². The van der Waals surface area contributed by atoms with Crippen LogP contribution in [0.15, 0.2) is 35.0 Å². The van der Waals surface area contributed by atoms with Gasteiger partial charge >= 0.3 is 0 Å². The first-order chi connectivity index (χ1) is 8.59. The highest BCUT2D eigenvalue weighted by molar-refractivity contribution is 7.07. The zero-order chi connectivity index (χ0) is 13.1. The Labute approximate surface area is 111 Å². The zero-order valence-electron chi connectivity index (χ0n) is 10.5. The van der Waals surface area contributed by atoms with Crippen molar-refractivity contribution in [3.05, 3.63) is 51.7 Å². The molecule has 0 saturated heterocycles. The molecule has 0 atom stereocenters. The zero-order valence-corrected chi connectivity index (χ0v) is 11.3. The smallest absolute Gasteiger partial charge is 0.256 e. The van der Waals surface area contributed by atoms with Crippen molar-refractivity contribution in [3.63, 3.8) is 0 Å². The van der Waals surface area contributed by atoms with Crippen molar-refractivity contribution >= 4 is 22.9 Å². The standard InChI is InChI=1S/C14H16N2OS/c1-10-4-3-5-12(15)13(10)14(17)16(2)8-11-6-7-18-9-11/h3-7,9H,8,15H2,1-2H3. The van der Waals surface area contributed by atoms with Gasteiger partial charge in [0.15, 0.2) is 0 Å². The van der Waals surface area contributed by atoms with E-state index in [1.165, 1.54) is 0 Å². The Balaban J connectivity index is 2.21. The van der Waals surface area contributed by atoms with Crippen LogP contribution in [0, 0.1) is 6.92 Å². The van der Waals surface area contributed by atoms with Crippen molar-refractivity contribution in [1.82, 2.24) is 4.90 Å². The molecule has 1 amide bonds. The minimum absolute atomic E-state index is 0.0307. The molecule has 2 aromatic rings. The van der Waals surface area contributed by atoms with Gasteiger partial charge in [-0.15, -0.1) is 0 Å². The van der Waals surface area contributed by atoms with E-state index in [0.717, 1.165) is 11.1 Å². The number of carbonyl (C=O) groups excluding carboxylic acids is 1. The second-order valence-electron chi connectivity index (χ2n) is 4.33. The van der Waals surface area contributed by atoms with Crippen LogP contribution in [0.5, 0.6) is 0 Å². The molecule has 0 unspecified atom stereocenters. The first kappa shape index (κ1) is 12.6. The number of hydrogen-bond donors (Lipinski definition) is 1. The second-order valence-corrected chi connectivity index (χ2v) is 5.11. The van der Waals surface area contributed by atoms with E-state index in [0.29, 0.717) is 17.8 Å². The molecule has 4 heteroatoms. The summed E-state index contributed by atoms with van der Waals surface area (Å²) in [7, 11) is 1.80. The maximum Gasteiger partial charge on any atom is 0.256 e. The van der Waals surface area contributed by atoms with Gasteiger partial charge in [0.05, 0.1) is 5.56 Å². The molecule has 94 valence electrons. The van der Waals surface area contributed by atoms with Crippen LogP contribution in [-0.4, -0.2) is 17.9 Å². The molecule has 0 saturated carbocycles. The van der Waals surface area contributed by atoms with E-state index in [4.69, 9.17) is 5.73 Å². The average Bonchev–Trinajstić information content (AvgIpc) is 2.81. The molecule has 0 aliphatic heterocycles. The summed E-state index contributed by atoms with van der Waals surface area (Å²) < 4.78 is 0. The predicted molar refractivity (Wildman–Crippen MR) is 75.7 cm³/mol. The summed E-state index contributed by atoms with van der Waals surface area (Å²) in [6, 6.07) is 7.55. The highest BCUT2D eigenvalue weighted by Gasteiger charge is 2.17. The second kappa shape index (κ2) is 5.23. The number of benzene rings is 1. The number of anilines is 1. The topological polar surface area (TPSA) is 46.3 Å². The lowest BCUT2D eigenvalue weighted by Crippen LogP contribution is -2.27. The van der Waals surface area contributed by atoms with Crippen LogP contribution in [0.25, 0.3) is 0 Å². The van der Waals surface area contributed by atoms with E-state index in [-0.39, 0.29) is 5.91 Å². The molecule has 18 heavy (non-hydrogen) atoms. The van der Waals surface area contributed by atoms with Crippen LogP contribution in [0.2, 0.25) is 0 Å². The number of nitrogens with zero attached hydrogens (tertiary/aromatic N) is 1. The van der Waals surface area contributed by atoms with Crippen molar-refractivity contribution < 1.29 is 4.79 Å². The van der Waals surface area contributed by atoms with Gasteiger partial charge < -0.3 is 10.6 Å². The Bertz CT molecular complexity index is 529. The number of thiophene rings is 1. The van der Waals surface area contributed by atoms with Gasteiger partial charge in [-0.3, -0.25) is 4.79 Å². The molecule has 0 bridgehead atoms. The SMILES string of the molecule is Cc1cccc(N)c1C(=O)N(C)Cc1ccsc1. The summed E-state index contributed by atoms with van der Waals surface area (Å²) in [5, 5.41) is 4.06. The third-order valence-corrected chi connectivity index (χ3v) is 3.60. The van der Waals surface area contributed by atoms with E-state index in [9.17, 15) is 4.79 Å². The number of carbonyl (C=O) groups is 1. The molecule has 0 aliphatic rings. The third kappa shape index (κ3) is 2.54. The van der Waals surface area contributed by atoms with Crippen molar-refractivity contribution in [1.29, 1.82) is 0 Å². The Morgan fingerprint density at radius 2 is 2.17 bits per heavy atom. The van der Waals surface area contributed by atoms with Crippen LogP contribution in [0.3, 0.4) is 0 Å². The minimum Gasteiger partial charge on any atom is -0.398 e. The molecule has 2 N–H and O–H groups in total. The van der Waals surface area contributed by atoms with Gasteiger partial charge in [-0.2, -0.15) is 11.3 Å². The van der Waals surface area contributed by atoms with E-state index in [1.54, 1.807) is 29.4 Å². The number of rotatable bonds is 3. The third-order valence-electron chi connectivity index (χ3n) is 2.87. The van der Waals surface area contributed by atoms with E-state index >= 15 is 0 Å². The Hall–Kier alpha value is -1.81. The number of nitrogen functional groups attached to an aromatic ring is 1. The molecule has 0 fully saturated rings. The molecule has 1 aromatic carbocycles. The average molecular weight is 260 g/mol. The first-order valence-electron chi connectivity index (χ1n) is 5.71. The Morgan fingerprint density at radius 3 is 2.78 bits per heavy atom. The summed E-state index contributed by atoms with van der Waals surface area (Å²) in [5.41, 5.74) is 9.09. The van der Waals surface area contributed by atoms with Crippen molar-refractivity contribution in [2.75, 3.05) is 12.8 Å². The highest BCUT2D eigenvalue weighted by Crippen LogP contribution is 2.19. The normalized spacial score (nSPS) is 10.3. The van der Waals surface area contributed by atoms with Crippen molar-refractivity contribution in [3.8, 4) is 0 Å². The van der Waals surface area contributed by atoms with Gasteiger partial charge in [-0.05, 0) is 40.9 Å². The fourth-order valence-corrected chi connectivity index (χ4v) is 2.56. The molecule has 3 nitrogen and oxygen atoms in total. The summed E-state index contributed by atoms with van der Waals surface area (Å²) >= 11 is 1.63. The van der Waals surface area contributed by atoms with E-state index < -0.39 is 0 Å². The van der Waals surface area contributed by atoms with Crippen LogP contribution in [0.1, 0.15) is 21.5 Å².